The van der Waals surface area contributed by atoms with Gasteiger partial charge in [0, 0.05) is 5.56 Å². The van der Waals surface area contributed by atoms with E-state index in [1.165, 1.54) is 0 Å². The number of aromatic hydroxyl groups is 3. The van der Waals surface area contributed by atoms with Crippen molar-refractivity contribution in [2.75, 3.05) is 0 Å². The molecule has 0 bridgehead atoms. The highest BCUT2D eigenvalue weighted by atomic mass is 16.4. The Morgan fingerprint density at radius 1 is 1.25 bits per heavy atom. The van der Waals surface area contributed by atoms with Crippen LogP contribution in [0.5, 0.6) is 17.2 Å². The van der Waals surface area contributed by atoms with Crippen LogP contribution in [0.15, 0.2) is 6.07 Å². The van der Waals surface area contributed by atoms with Gasteiger partial charge >= 0.3 is 5.97 Å². The zero-order valence-corrected chi connectivity index (χ0v) is 8.90. The zero-order chi connectivity index (χ0) is 12.3. The molecular formula is C11H14O5. The van der Waals surface area contributed by atoms with E-state index in [4.69, 9.17) is 5.11 Å². The van der Waals surface area contributed by atoms with Crippen molar-refractivity contribution in [1.29, 1.82) is 0 Å². The summed E-state index contributed by atoms with van der Waals surface area (Å²) >= 11 is 0. The third-order valence-corrected chi connectivity index (χ3v) is 2.37. The molecule has 0 aliphatic carbocycles. The van der Waals surface area contributed by atoms with Crippen LogP contribution in [0.2, 0.25) is 0 Å². The second-order valence-corrected chi connectivity index (χ2v) is 3.53. The summed E-state index contributed by atoms with van der Waals surface area (Å²) in [4.78, 5) is 10.9. The van der Waals surface area contributed by atoms with Gasteiger partial charge in [-0.15, -0.1) is 0 Å². The molecule has 0 saturated heterocycles. The van der Waals surface area contributed by atoms with Gasteiger partial charge in [-0.25, -0.2) is 4.79 Å². The number of benzene rings is 1. The minimum absolute atomic E-state index is 0.157. The fourth-order valence-electron chi connectivity index (χ4n) is 1.48. The second-order valence-electron chi connectivity index (χ2n) is 3.53. The fourth-order valence-corrected chi connectivity index (χ4v) is 1.48. The minimum Gasteiger partial charge on any atom is -0.504 e. The van der Waals surface area contributed by atoms with Crippen molar-refractivity contribution in [3.05, 3.63) is 17.2 Å². The van der Waals surface area contributed by atoms with E-state index in [9.17, 15) is 20.1 Å². The number of hydrogen-bond donors (Lipinski definition) is 4. The first-order chi connectivity index (χ1) is 7.49. The largest absolute Gasteiger partial charge is 0.504 e. The Balaban J connectivity index is 3.30. The number of carboxylic acids is 1. The molecule has 1 rings (SSSR count). The van der Waals surface area contributed by atoms with Gasteiger partial charge in [0.15, 0.2) is 11.5 Å². The molecule has 0 saturated carbocycles. The monoisotopic (exact) mass is 226 g/mol. The van der Waals surface area contributed by atoms with Gasteiger partial charge in [0.1, 0.15) is 0 Å². The third kappa shape index (κ3) is 2.18. The Hall–Kier alpha value is -1.91. The average Bonchev–Trinajstić information content (AvgIpc) is 2.24. The van der Waals surface area contributed by atoms with Crippen molar-refractivity contribution >= 4 is 5.97 Å². The van der Waals surface area contributed by atoms with Gasteiger partial charge in [0.25, 0.3) is 0 Å². The quantitative estimate of drug-likeness (QED) is 0.587. The predicted octanol–water partition coefficient (Wildman–Crippen LogP) is 1.84. The van der Waals surface area contributed by atoms with Crippen LogP contribution in [0.1, 0.15) is 35.7 Å². The minimum atomic E-state index is -1.24. The summed E-state index contributed by atoms with van der Waals surface area (Å²) in [5.74, 6) is -3.09. The molecule has 5 nitrogen and oxygen atoms in total. The second kappa shape index (κ2) is 4.74. The molecule has 0 atom stereocenters. The van der Waals surface area contributed by atoms with Crippen LogP contribution >= 0.6 is 0 Å². The van der Waals surface area contributed by atoms with Gasteiger partial charge in [0.2, 0.25) is 5.75 Å². The lowest BCUT2D eigenvalue weighted by atomic mass is 9.99. The zero-order valence-electron chi connectivity index (χ0n) is 8.90. The summed E-state index contributed by atoms with van der Waals surface area (Å²) in [6.45, 7) is 1.93. The molecule has 0 aromatic heterocycles. The molecule has 5 heteroatoms. The van der Waals surface area contributed by atoms with Crippen LogP contribution in [0.4, 0.5) is 0 Å². The molecule has 0 heterocycles. The van der Waals surface area contributed by atoms with Crippen molar-refractivity contribution in [2.24, 2.45) is 0 Å². The molecule has 0 fully saturated rings. The summed E-state index contributed by atoms with van der Waals surface area (Å²) in [5.41, 5.74) is -0.0223. The first-order valence-electron chi connectivity index (χ1n) is 4.99. The molecule has 0 radical (unpaired) electrons. The summed E-state index contributed by atoms with van der Waals surface area (Å²) in [6.07, 6.45) is 1.87. The molecule has 0 amide bonds. The Kier molecular flexibility index (Phi) is 3.60. The van der Waals surface area contributed by atoms with Crippen molar-refractivity contribution in [2.45, 2.75) is 26.2 Å². The van der Waals surface area contributed by atoms with E-state index in [-0.39, 0.29) is 11.1 Å². The van der Waals surface area contributed by atoms with Crippen LogP contribution in [0.25, 0.3) is 0 Å². The molecule has 0 unspecified atom stereocenters. The number of phenolic OH excluding ortho intramolecular Hbond substituents is 3. The van der Waals surface area contributed by atoms with Gasteiger partial charge in [0.05, 0.1) is 5.56 Å². The number of carbonyl (C=O) groups is 1. The van der Waals surface area contributed by atoms with Crippen LogP contribution in [-0.2, 0) is 6.42 Å². The van der Waals surface area contributed by atoms with Gasteiger partial charge < -0.3 is 20.4 Å². The van der Waals surface area contributed by atoms with E-state index in [0.717, 1.165) is 12.5 Å². The number of phenols is 3. The normalized spacial score (nSPS) is 10.3. The Labute approximate surface area is 92.6 Å². The Morgan fingerprint density at radius 3 is 2.38 bits per heavy atom. The van der Waals surface area contributed by atoms with Crippen LogP contribution < -0.4 is 0 Å². The number of hydrogen-bond acceptors (Lipinski definition) is 4. The molecule has 16 heavy (non-hydrogen) atoms. The predicted molar refractivity (Wildman–Crippen MR) is 57.0 cm³/mol. The van der Waals surface area contributed by atoms with E-state index >= 15 is 0 Å². The highest BCUT2D eigenvalue weighted by Crippen LogP contribution is 2.40. The average molecular weight is 226 g/mol. The van der Waals surface area contributed by atoms with Crippen LogP contribution in [0, 0.1) is 0 Å². The van der Waals surface area contributed by atoms with E-state index in [1.54, 1.807) is 0 Å². The number of carboxylic acid groups (broad SMARTS) is 1. The molecule has 0 aliphatic heterocycles. The smallest absolute Gasteiger partial charge is 0.336 e. The third-order valence-electron chi connectivity index (χ3n) is 2.37. The van der Waals surface area contributed by atoms with E-state index in [1.807, 2.05) is 6.92 Å². The lowest BCUT2D eigenvalue weighted by molar-refractivity contribution is 0.0694. The van der Waals surface area contributed by atoms with Gasteiger partial charge in [-0.05, 0) is 18.9 Å². The number of rotatable bonds is 4. The maximum Gasteiger partial charge on any atom is 0.336 e. The van der Waals surface area contributed by atoms with Crippen molar-refractivity contribution < 1.29 is 25.2 Å². The Bertz CT molecular complexity index is 411. The van der Waals surface area contributed by atoms with Crippen LogP contribution in [-0.4, -0.2) is 26.4 Å². The molecule has 1 aromatic rings. The standard InChI is InChI=1S/C11H14O5/c1-2-3-4-6-7(11(15)16)5-8(12)10(14)9(6)13/h5,12-14H,2-4H2,1H3,(H,15,16). The molecule has 0 spiro atoms. The SMILES string of the molecule is CCCCc1c(C(=O)O)cc(O)c(O)c1O. The molecular weight excluding hydrogens is 212 g/mol. The molecule has 4 N–H and O–H groups in total. The summed E-state index contributed by atoms with van der Waals surface area (Å²) in [5, 5.41) is 37.0. The maximum absolute atomic E-state index is 10.9. The first kappa shape index (κ1) is 12.2. The van der Waals surface area contributed by atoms with Crippen molar-refractivity contribution in [3.8, 4) is 17.2 Å². The lowest BCUT2D eigenvalue weighted by Gasteiger charge is -2.10. The fraction of sp³-hybridized carbons (Fsp3) is 0.364. The van der Waals surface area contributed by atoms with Gasteiger partial charge in [-0.3, -0.25) is 0 Å². The Morgan fingerprint density at radius 2 is 1.88 bits per heavy atom. The van der Waals surface area contributed by atoms with Gasteiger partial charge in [-0.2, -0.15) is 0 Å². The summed E-state index contributed by atoms with van der Waals surface area (Å²) in [6, 6.07) is 0.947. The number of aromatic carboxylic acids is 1. The number of unbranched alkanes of at least 4 members (excludes halogenated alkanes) is 1. The highest BCUT2D eigenvalue weighted by Gasteiger charge is 2.20. The van der Waals surface area contributed by atoms with Crippen molar-refractivity contribution in [1.82, 2.24) is 0 Å². The maximum atomic E-state index is 10.9. The molecule has 0 aliphatic rings. The molecule has 1 aromatic carbocycles. The summed E-state index contributed by atoms with van der Waals surface area (Å²) < 4.78 is 0. The van der Waals surface area contributed by atoms with Crippen molar-refractivity contribution in [3.63, 3.8) is 0 Å². The van der Waals surface area contributed by atoms with E-state index in [2.05, 4.69) is 0 Å². The molecule has 88 valence electrons. The van der Waals surface area contributed by atoms with E-state index in [0.29, 0.717) is 12.8 Å². The highest BCUT2D eigenvalue weighted by molar-refractivity contribution is 5.91. The first-order valence-corrected chi connectivity index (χ1v) is 4.99. The lowest BCUT2D eigenvalue weighted by Crippen LogP contribution is -2.03. The topological polar surface area (TPSA) is 98.0 Å². The van der Waals surface area contributed by atoms with Crippen LogP contribution in [0.3, 0.4) is 0 Å². The summed E-state index contributed by atoms with van der Waals surface area (Å²) in [7, 11) is 0. The van der Waals surface area contributed by atoms with E-state index < -0.39 is 23.2 Å². The van der Waals surface area contributed by atoms with Gasteiger partial charge in [-0.1, -0.05) is 13.3 Å².